The van der Waals surface area contributed by atoms with E-state index < -0.39 is 17.7 Å². The zero-order valence-corrected chi connectivity index (χ0v) is 23.6. The van der Waals surface area contributed by atoms with Crippen LogP contribution in [0, 0.1) is 0 Å². The van der Waals surface area contributed by atoms with E-state index in [9.17, 15) is 14.7 Å². The van der Waals surface area contributed by atoms with Crippen molar-refractivity contribution in [3.63, 3.8) is 0 Å². The van der Waals surface area contributed by atoms with Crippen molar-refractivity contribution < 1.29 is 24.2 Å². The summed E-state index contributed by atoms with van der Waals surface area (Å²) >= 11 is 6.02. The van der Waals surface area contributed by atoms with E-state index in [0.29, 0.717) is 23.6 Å². The first kappa shape index (κ1) is 29.2. The Labute approximate surface area is 230 Å². The van der Waals surface area contributed by atoms with Crippen molar-refractivity contribution in [3.05, 3.63) is 87.1 Å². The van der Waals surface area contributed by atoms with Gasteiger partial charge in [-0.1, -0.05) is 42.0 Å². The Kier molecular flexibility index (Phi) is 9.58. The Hall–Kier alpha value is -3.35. The highest BCUT2D eigenvalue weighted by molar-refractivity contribution is 6.30. The summed E-state index contributed by atoms with van der Waals surface area (Å²) in [6, 6.07) is 13.3. The average Bonchev–Trinajstić information content (AvgIpc) is 2.88. The fourth-order valence-electron chi connectivity index (χ4n) is 4.32. The number of aliphatic carboxylic acids is 1. The number of carbonyl (C=O) groups excluding carboxylic acids is 1. The summed E-state index contributed by atoms with van der Waals surface area (Å²) in [5.74, 6) is -0.351. The Balaban J connectivity index is 2.29. The van der Waals surface area contributed by atoms with Crippen molar-refractivity contribution in [2.75, 3.05) is 13.7 Å². The highest BCUT2D eigenvalue weighted by Gasteiger charge is 2.34. The number of benzene rings is 2. The molecule has 0 radical (unpaired) electrons. The van der Waals surface area contributed by atoms with Crippen molar-refractivity contribution in [3.8, 4) is 5.75 Å². The lowest BCUT2D eigenvalue weighted by Gasteiger charge is -2.32. The molecule has 3 rings (SSSR count). The average molecular weight is 538 g/mol. The second-order valence-electron chi connectivity index (χ2n) is 10.4. The van der Waals surface area contributed by atoms with E-state index in [-0.39, 0.29) is 5.70 Å². The van der Waals surface area contributed by atoms with Gasteiger partial charge >= 0.3 is 5.97 Å². The Morgan fingerprint density at radius 1 is 1.16 bits per heavy atom. The number of allylic oxidation sites excluding steroid dienone is 4. The lowest BCUT2D eigenvalue weighted by atomic mass is 9.89. The minimum Gasteiger partial charge on any atom is -0.493 e. The third-order valence-electron chi connectivity index (χ3n) is 6.30. The zero-order valence-electron chi connectivity index (χ0n) is 22.9. The van der Waals surface area contributed by atoms with E-state index in [1.54, 1.807) is 27.8 Å². The molecule has 0 saturated heterocycles. The molecular weight excluding hydrogens is 502 g/mol. The van der Waals surface area contributed by atoms with E-state index in [1.807, 2.05) is 68.5 Å². The number of fused-ring (bicyclic) bond motifs is 1. The van der Waals surface area contributed by atoms with Gasteiger partial charge in [-0.2, -0.15) is 0 Å². The highest BCUT2D eigenvalue weighted by Crippen LogP contribution is 2.37. The van der Waals surface area contributed by atoms with E-state index >= 15 is 0 Å². The van der Waals surface area contributed by atoms with Crippen LogP contribution in [0.5, 0.6) is 5.75 Å². The summed E-state index contributed by atoms with van der Waals surface area (Å²) in [5, 5.41) is 10.9. The third kappa shape index (κ3) is 7.36. The number of carboxylic acids is 1. The summed E-state index contributed by atoms with van der Waals surface area (Å²) in [6.07, 6.45) is 4.93. The monoisotopic (exact) mass is 537 g/mol. The van der Waals surface area contributed by atoms with Crippen LogP contribution in [0.15, 0.2) is 65.4 Å². The summed E-state index contributed by atoms with van der Waals surface area (Å²) in [6.45, 7) is 9.94. The summed E-state index contributed by atoms with van der Waals surface area (Å²) < 4.78 is 11.8. The Morgan fingerprint density at radius 2 is 1.84 bits per heavy atom. The van der Waals surface area contributed by atoms with Crippen LogP contribution >= 0.6 is 11.6 Å². The van der Waals surface area contributed by atoms with Crippen molar-refractivity contribution in [1.29, 1.82) is 0 Å². The molecule has 0 fully saturated rings. The van der Waals surface area contributed by atoms with Gasteiger partial charge in [0, 0.05) is 17.6 Å². The van der Waals surface area contributed by atoms with Gasteiger partial charge in [0.25, 0.3) is 0 Å². The molecule has 2 aromatic rings. The van der Waals surface area contributed by atoms with Gasteiger partial charge in [0.1, 0.15) is 5.75 Å². The van der Waals surface area contributed by atoms with E-state index in [2.05, 4.69) is 0 Å². The van der Waals surface area contributed by atoms with Crippen LogP contribution in [0.25, 0.3) is 11.6 Å². The molecule has 0 aliphatic carbocycles. The van der Waals surface area contributed by atoms with Gasteiger partial charge in [0.2, 0.25) is 6.41 Å². The molecule has 1 aliphatic rings. The molecule has 1 amide bonds. The smallest absolute Gasteiger partial charge is 0.339 e. The van der Waals surface area contributed by atoms with Crippen LogP contribution in [-0.2, 0) is 20.7 Å². The lowest BCUT2D eigenvalue weighted by molar-refractivity contribution is -0.157. The van der Waals surface area contributed by atoms with Crippen LogP contribution in [0.4, 0.5) is 0 Å². The topological polar surface area (TPSA) is 76.1 Å². The Bertz CT molecular complexity index is 1270. The minimum atomic E-state index is -1.38. The van der Waals surface area contributed by atoms with E-state index in [0.717, 1.165) is 46.4 Å². The largest absolute Gasteiger partial charge is 0.493 e. The summed E-state index contributed by atoms with van der Waals surface area (Å²) in [5.41, 5.74) is 4.65. The molecular formula is C31H36ClNO5. The predicted molar refractivity (Wildman–Crippen MR) is 152 cm³/mol. The molecule has 6 nitrogen and oxygen atoms in total. The number of carbonyl (C=O) groups is 2. The van der Waals surface area contributed by atoms with Crippen LogP contribution in [0.2, 0.25) is 5.02 Å². The minimum absolute atomic E-state index is 0.260. The second-order valence-corrected chi connectivity index (χ2v) is 10.8. The Morgan fingerprint density at radius 3 is 2.45 bits per heavy atom. The molecule has 0 saturated carbocycles. The molecule has 2 aromatic carbocycles. The maximum absolute atomic E-state index is 12.6. The number of halogens is 1. The first-order valence-electron chi connectivity index (χ1n) is 12.6. The van der Waals surface area contributed by atoms with Gasteiger partial charge < -0.3 is 19.5 Å². The molecule has 38 heavy (non-hydrogen) atoms. The zero-order chi connectivity index (χ0) is 28.0. The van der Waals surface area contributed by atoms with Crippen molar-refractivity contribution in [2.45, 2.75) is 59.2 Å². The number of likely N-dealkylation sites (N-methyl/N-ethyl adjacent to an activating group) is 1. The summed E-state index contributed by atoms with van der Waals surface area (Å²) in [4.78, 5) is 26.0. The lowest BCUT2D eigenvalue weighted by Crippen LogP contribution is -2.40. The fourth-order valence-corrected chi connectivity index (χ4v) is 4.44. The number of hydrogen-bond donors (Lipinski definition) is 1. The third-order valence-corrected chi connectivity index (χ3v) is 6.55. The molecule has 1 heterocycles. The molecule has 0 spiro atoms. The molecule has 1 aliphatic heterocycles. The maximum Gasteiger partial charge on any atom is 0.339 e. The van der Waals surface area contributed by atoms with Gasteiger partial charge in [-0.15, -0.1) is 0 Å². The van der Waals surface area contributed by atoms with Crippen molar-refractivity contribution in [2.24, 2.45) is 0 Å². The number of hydrogen-bond acceptors (Lipinski definition) is 4. The van der Waals surface area contributed by atoms with E-state index in [4.69, 9.17) is 21.1 Å². The van der Waals surface area contributed by atoms with Crippen LogP contribution < -0.4 is 4.74 Å². The second kappa shape index (κ2) is 12.5. The van der Waals surface area contributed by atoms with E-state index in [1.165, 1.54) is 4.90 Å². The van der Waals surface area contributed by atoms with Crippen molar-refractivity contribution >= 4 is 35.6 Å². The predicted octanol–water partition coefficient (Wildman–Crippen LogP) is 6.78. The molecule has 1 unspecified atom stereocenters. The number of amides is 1. The molecule has 1 atom stereocenters. The van der Waals surface area contributed by atoms with Crippen LogP contribution in [0.1, 0.15) is 57.7 Å². The summed E-state index contributed by atoms with van der Waals surface area (Å²) in [7, 11) is 1.55. The molecule has 1 N–H and O–H groups in total. The van der Waals surface area contributed by atoms with Gasteiger partial charge in [-0.05, 0) is 99.6 Å². The number of ether oxygens (including phenoxy) is 2. The molecule has 0 aromatic heterocycles. The molecule has 0 bridgehead atoms. The quantitative estimate of drug-likeness (QED) is 0.282. The number of rotatable bonds is 9. The van der Waals surface area contributed by atoms with Gasteiger partial charge in [0.05, 0.1) is 17.9 Å². The van der Waals surface area contributed by atoms with Gasteiger partial charge in [-0.25, -0.2) is 4.79 Å². The van der Waals surface area contributed by atoms with Gasteiger partial charge in [-0.3, -0.25) is 4.79 Å². The SMILES string of the molecule is CC(/C=C/c1ccc(Cl)cc1)=C(C)\C(=C(\C(OC(C)(C)C)C(=O)O)N(C)C=O)c1ccc2c(c1)CCCO2. The normalized spacial score (nSPS) is 15.7. The maximum atomic E-state index is 12.6. The number of aryl methyl sites for hydroxylation is 1. The first-order valence-corrected chi connectivity index (χ1v) is 13.0. The van der Waals surface area contributed by atoms with Crippen LogP contribution in [-0.4, -0.2) is 47.7 Å². The number of carboxylic acid groups (broad SMARTS) is 1. The van der Waals surface area contributed by atoms with Crippen molar-refractivity contribution in [1.82, 2.24) is 4.90 Å². The molecule has 202 valence electrons. The van der Waals surface area contributed by atoms with Gasteiger partial charge in [0.15, 0.2) is 6.10 Å². The first-order chi connectivity index (χ1) is 17.9. The number of nitrogens with zero attached hydrogens (tertiary/aromatic N) is 1. The van der Waals surface area contributed by atoms with Crippen LogP contribution in [0.3, 0.4) is 0 Å². The fraction of sp³-hybridized carbons (Fsp3) is 0.355. The standard InChI is InChI=1S/C31H36ClNO5/c1-20(9-10-22-11-14-25(32)15-12-22)21(2)27(24-13-16-26-23(18-24)8-7-17-37-26)28(33(6)19-34)29(30(35)36)38-31(3,4)5/h9-16,18-19,29H,7-8,17H2,1-6H3,(H,35,36)/b10-9+,21-20+,28-27+. The molecule has 7 heteroatoms. The highest BCUT2D eigenvalue weighted by atomic mass is 35.5.